The van der Waals surface area contributed by atoms with Crippen molar-refractivity contribution in [3.63, 3.8) is 0 Å². The lowest BCUT2D eigenvalue weighted by molar-refractivity contribution is 0.931. The van der Waals surface area contributed by atoms with Gasteiger partial charge in [-0.05, 0) is 22.8 Å². The molecule has 0 aliphatic carbocycles. The summed E-state index contributed by atoms with van der Waals surface area (Å²) in [4.78, 5) is 0. The first kappa shape index (κ1) is 7.32. The fourth-order valence-corrected chi connectivity index (χ4v) is 2.29. The summed E-state index contributed by atoms with van der Waals surface area (Å²) >= 11 is 0. The van der Waals surface area contributed by atoms with Crippen LogP contribution in [0.1, 0.15) is 18.9 Å². The molecular formula is C7H12P2. The molecule has 0 saturated carbocycles. The van der Waals surface area contributed by atoms with Gasteiger partial charge in [-0.15, -0.1) is 17.4 Å². The van der Waals surface area contributed by atoms with Gasteiger partial charge in [-0.25, -0.2) is 0 Å². The molecule has 2 heteroatoms. The summed E-state index contributed by atoms with van der Waals surface area (Å²) in [6, 6.07) is 2.25. The standard InChI is InChI=1S/C7H12P2/c1-2-3-6-4-5-9-7(6)8/h4-5,9H,2-3,8H2,1H3. The van der Waals surface area contributed by atoms with E-state index in [1.165, 1.54) is 17.9 Å². The van der Waals surface area contributed by atoms with Crippen LogP contribution in [0.15, 0.2) is 11.9 Å². The summed E-state index contributed by atoms with van der Waals surface area (Å²) in [5.74, 6) is 2.26. The van der Waals surface area contributed by atoms with Crippen molar-refractivity contribution >= 4 is 22.5 Å². The molecule has 2 unspecified atom stereocenters. The van der Waals surface area contributed by atoms with Crippen LogP contribution in [-0.4, -0.2) is 0 Å². The summed E-state index contributed by atoms with van der Waals surface area (Å²) in [7, 11) is 3.75. The predicted molar refractivity (Wildman–Crippen MR) is 49.3 cm³/mol. The van der Waals surface area contributed by atoms with Gasteiger partial charge in [0.15, 0.2) is 0 Å². The van der Waals surface area contributed by atoms with Gasteiger partial charge in [-0.3, -0.25) is 0 Å². The molecule has 0 aromatic carbocycles. The zero-order chi connectivity index (χ0) is 6.69. The maximum absolute atomic E-state index is 2.82. The van der Waals surface area contributed by atoms with Crippen molar-refractivity contribution in [2.45, 2.75) is 19.8 Å². The second-order valence-corrected chi connectivity index (χ2v) is 4.48. The van der Waals surface area contributed by atoms with Crippen molar-refractivity contribution in [1.82, 2.24) is 0 Å². The Morgan fingerprint density at radius 2 is 2.44 bits per heavy atom. The molecule has 2 atom stereocenters. The number of aryl methyl sites for hydroxylation is 1. The van der Waals surface area contributed by atoms with Gasteiger partial charge in [0.2, 0.25) is 0 Å². The number of hydrogen-bond acceptors (Lipinski definition) is 0. The van der Waals surface area contributed by atoms with E-state index >= 15 is 0 Å². The van der Waals surface area contributed by atoms with Crippen LogP contribution < -0.4 is 5.04 Å². The van der Waals surface area contributed by atoms with Gasteiger partial charge in [0, 0.05) is 0 Å². The van der Waals surface area contributed by atoms with E-state index in [1.54, 1.807) is 5.56 Å². The Kier molecular flexibility index (Phi) is 2.76. The van der Waals surface area contributed by atoms with Crippen LogP contribution in [0.3, 0.4) is 0 Å². The first-order valence-corrected chi connectivity index (χ1v) is 4.91. The highest BCUT2D eigenvalue weighted by atomic mass is 31.1. The normalized spacial score (nSPS) is 10.9. The van der Waals surface area contributed by atoms with Crippen LogP contribution in [0, 0.1) is 0 Å². The first-order chi connectivity index (χ1) is 4.34. The Balaban J connectivity index is 2.69. The van der Waals surface area contributed by atoms with Crippen LogP contribution in [0.5, 0.6) is 0 Å². The lowest BCUT2D eigenvalue weighted by Crippen LogP contribution is -1.90. The van der Waals surface area contributed by atoms with E-state index in [2.05, 4.69) is 28.0 Å². The number of hydrogen-bond donors (Lipinski definition) is 0. The van der Waals surface area contributed by atoms with E-state index in [4.69, 9.17) is 0 Å². The lowest BCUT2D eigenvalue weighted by Gasteiger charge is -1.93. The van der Waals surface area contributed by atoms with Gasteiger partial charge in [-0.2, -0.15) is 0 Å². The third-order valence-electron chi connectivity index (χ3n) is 1.39. The maximum Gasteiger partial charge on any atom is -0.0108 e. The Morgan fingerprint density at radius 1 is 1.67 bits per heavy atom. The second-order valence-electron chi connectivity index (χ2n) is 2.17. The molecule has 1 aromatic rings. The van der Waals surface area contributed by atoms with E-state index in [0.717, 1.165) is 8.19 Å². The quantitative estimate of drug-likeness (QED) is 0.578. The Labute approximate surface area is 60.3 Å². The van der Waals surface area contributed by atoms with Crippen molar-refractivity contribution in [3.05, 3.63) is 17.4 Å². The third kappa shape index (κ3) is 1.81. The van der Waals surface area contributed by atoms with Gasteiger partial charge in [0.1, 0.15) is 0 Å². The molecule has 0 spiro atoms. The lowest BCUT2D eigenvalue weighted by atomic mass is 10.2. The second kappa shape index (κ2) is 3.40. The average molecular weight is 158 g/mol. The topological polar surface area (TPSA) is 0 Å². The van der Waals surface area contributed by atoms with Crippen molar-refractivity contribution < 1.29 is 0 Å². The van der Waals surface area contributed by atoms with Gasteiger partial charge in [0.25, 0.3) is 0 Å². The highest BCUT2D eigenvalue weighted by molar-refractivity contribution is 7.51. The largest absolute Gasteiger partial charge is 0.132 e. The maximum atomic E-state index is 2.82. The van der Waals surface area contributed by atoms with Crippen LogP contribution in [0.4, 0.5) is 0 Å². The van der Waals surface area contributed by atoms with E-state index in [0.29, 0.717) is 0 Å². The van der Waals surface area contributed by atoms with Crippen molar-refractivity contribution in [2.24, 2.45) is 0 Å². The molecule has 50 valence electrons. The van der Waals surface area contributed by atoms with Crippen molar-refractivity contribution in [1.29, 1.82) is 0 Å². The molecule has 0 bridgehead atoms. The molecule has 0 N–H and O–H groups in total. The molecule has 9 heavy (non-hydrogen) atoms. The zero-order valence-corrected chi connectivity index (χ0v) is 7.80. The molecule has 1 rings (SSSR count). The van der Waals surface area contributed by atoms with E-state index in [1.807, 2.05) is 0 Å². The fourth-order valence-electron chi connectivity index (χ4n) is 0.902. The minimum atomic E-state index is 0.935. The fraction of sp³-hybridized carbons (Fsp3) is 0.429. The molecule has 0 saturated heterocycles. The van der Waals surface area contributed by atoms with Crippen LogP contribution in [0.2, 0.25) is 0 Å². The molecule has 0 amide bonds. The SMILES string of the molecule is CCCc1cc[pH]c1P. The Bertz CT molecular complexity index is 179. The predicted octanol–water partition coefficient (Wildman–Crippen LogP) is 2.17. The molecule has 0 aliphatic rings. The molecule has 0 nitrogen and oxygen atoms in total. The minimum Gasteiger partial charge on any atom is -0.132 e. The third-order valence-corrected chi connectivity index (χ3v) is 3.22. The van der Waals surface area contributed by atoms with Crippen molar-refractivity contribution in [3.8, 4) is 0 Å². The van der Waals surface area contributed by atoms with Gasteiger partial charge in [-0.1, -0.05) is 19.4 Å². The Hall–Kier alpha value is 0.210. The summed E-state index contributed by atoms with van der Waals surface area (Å²) in [6.07, 6.45) is 2.52. The Morgan fingerprint density at radius 3 is 2.89 bits per heavy atom. The molecule has 0 radical (unpaired) electrons. The highest BCUT2D eigenvalue weighted by Gasteiger charge is 1.94. The minimum absolute atomic E-state index is 0.935. The van der Waals surface area contributed by atoms with Gasteiger partial charge >= 0.3 is 0 Å². The zero-order valence-electron chi connectivity index (χ0n) is 5.65. The van der Waals surface area contributed by atoms with Gasteiger partial charge in [0.05, 0.1) is 0 Å². The van der Waals surface area contributed by atoms with Crippen molar-refractivity contribution in [2.75, 3.05) is 0 Å². The van der Waals surface area contributed by atoms with E-state index < -0.39 is 0 Å². The van der Waals surface area contributed by atoms with Crippen LogP contribution >= 0.6 is 17.4 Å². The summed E-state index contributed by atoms with van der Waals surface area (Å²) < 4.78 is 0. The first-order valence-electron chi connectivity index (χ1n) is 3.26. The summed E-state index contributed by atoms with van der Waals surface area (Å²) in [5.41, 5.74) is 1.54. The van der Waals surface area contributed by atoms with E-state index in [-0.39, 0.29) is 0 Å². The van der Waals surface area contributed by atoms with Crippen LogP contribution in [0.25, 0.3) is 0 Å². The summed E-state index contributed by atoms with van der Waals surface area (Å²) in [6.45, 7) is 2.22. The molecule has 0 aliphatic heterocycles. The molecule has 1 heterocycles. The van der Waals surface area contributed by atoms with Crippen LogP contribution in [-0.2, 0) is 6.42 Å². The molecule has 0 fully saturated rings. The number of rotatable bonds is 2. The van der Waals surface area contributed by atoms with E-state index in [9.17, 15) is 0 Å². The van der Waals surface area contributed by atoms with Gasteiger partial charge < -0.3 is 0 Å². The molecule has 1 aromatic heterocycles. The molecular weight excluding hydrogens is 146 g/mol. The smallest absolute Gasteiger partial charge is 0.0108 e. The average Bonchev–Trinajstić information content (AvgIpc) is 2.18. The monoisotopic (exact) mass is 158 g/mol. The summed E-state index contributed by atoms with van der Waals surface area (Å²) in [5, 5.41) is 1.51. The highest BCUT2D eigenvalue weighted by Crippen LogP contribution is 2.13.